The molecule has 1 fully saturated rings. The Bertz CT molecular complexity index is 338. The van der Waals surface area contributed by atoms with Crippen LogP contribution >= 0.6 is 0 Å². The molecule has 0 unspecified atom stereocenters. The van der Waals surface area contributed by atoms with Crippen LogP contribution in [0.1, 0.15) is 19.3 Å². The van der Waals surface area contributed by atoms with Gasteiger partial charge in [0.05, 0.1) is 0 Å². The third-order valence-electron chi connectivity index (χ3n) is 2.45. The van der Waals surface area contributed by atoms with Crippen LogP contribution in [0.15, 0.2) is 12.2 Å². The minimum Gasteiger partial charge on any atom is -0.478 e. The molecule has 0 saturated carbocycles. The van der Waals surface area contributed by atoms with E-state index in [-0.39, 0.29) is 5.91 Å². The molecule has 1 rings (SSSR count). The van der Waals surface area contributed by atoms with Gasteiger partial charge in [-0.1, -0.05) is 0 Å². The molecule has 0 aromatic rings. The Balaban J connectivity index is 2.09. The Morgan fingerprint density at radius 3 is 2.76 bits per heavy atom. The van der Waals surface area contributed by atoms with Gasteiger partial charge in [0.15, 0.2) is 0 Å². The summed E-state index contributed by atoms with van der Waals surface area (Å²) in [5.74, 6) is -1.41. The predicted octanol–water partition coefficient (Wildman–Crippen LogP) is -0.244. The first kappa shape index (κ1) is 13.2. The monoisotopic (exact) mass is 240 g/mol. The standard InChI is InChI=1S/C11H16N2O4/c14-9(4-5-11(16)17)12-6-2-8-13-7-1-3-10(13)15/h4-5H,1-3,6-8H2,(H,12,14)(H,16,17)/b5-4+. The van der Waals surface area contributed by atoms with Crippen molar-refractivity contribution in [3.8, 4) is 0 Å². The Morgan fingerprint density at radius 2 is 2.18 bits per heavy atom. The molecule has 0 radical (unpaired) electrons. The lowest BCUT2D eigenvalue weighted by Crippen LogP contribution is -2.30. The van der Waals surface area contributed by atoms with Crippen LogP contribution in [0.5, 0.6) is 0 Å². The van der Waals surface area contributed by atoms with E-state index in [4.69, 9.17) is 5.11 Å². The Labute approximate surface area is 99.3 Å². The number of hydrogen-bond donors (Lipinski definition) is 2. The number of nitrogens with one attached hydrogen (secondary N) is 1. The largest absolute Gasteiger partial charge is 0.478 e. The van der Waals surface area contributed by atoms with Crippen molar-refractivity contribution >= 4 is 17.8 Å². The first-order valence-corrected chi connectivity index (χ1v) is 5.56. The van der Waals surface area contributed by atoms with E-state index in [2.05, 4.69) is 5.32 Å². The number of aliphatic carboxylic acids is 1. The number of rotatable bonds is 6. The van der Waals surface area contributed by atoms with Gasteiger partial charge in [-0.25, -0.2) is 4.79 Å². The van der Waals surface area contributed by atoms with E-state index >= 15 is 0 Å². The fraction of sp³-hybridized carbons (Fsp3) is 0.545. The van der Waals surface area contributed by atoms with Crippen molar-refractivity contribution in [1.29, 1.82) is 0 Å². The summed E-state index contributed by atoms with van der Waals surface area (Å²) in [5.41, 5.74) is 0. The second-order valence-corrected chi connectivity index (χ2v) is 3.80. The molecule has 1 heterocycles. The highest BCUT2D eigenvalue weighted by atomic mass is 16.4. The van der Waals surface area contributed by atoms with E-state index in [0.29, 0.717) is 25.9 Å². The Kier molecular flexibility index (Phi) is 5.19. The van der Waals surface area contributed by atoms with Gasteiger partial charge >= 0.3 is 5.97 Å². The molecule has 1 saturated heterocycles. The molecule has 1 aliphatic rings. The Morgan fingerprint density at radius 1 is 1.41 bits per heavy atom. The van der Waals surface area contributed by atoms with Gasteiger partial charge in [-0.15, -0.1) is 0 Å². The maximum absolute atomic E-state index is 11.2. The number of amides is 2. The topological polar surface area (TPSA) is 86.7 Å². The number of carboxylic acids is 1. The van der Waals surface area contributed by atoms with Gasteiger partial charge in [-0.05, 0) is 12.8 Å². The maximum Gasteiger partial charge on any atom is 0.328 e. The lowest BCUT2D eigenvalue weighted by Gasteiger charge is -2.14. The summed E-state index contributed by atoms with van der Waals surface area (Å²) in [6, 6.07) is 0. The van der Waals surface area contributed by atoms with Crippen molar-refractivity contribution in [3.63, 3.8) is 0 Å². The summed E-state index contributed by atoms with van der Waals surface area (Å²) >= 11 is 0. The zero-order valence-electron chi connectivity index (χ0n) is 9.52. The van der Waals surface area contributed by atoms with Crippen LogP contribution in [0.2, 0.25) is 0 Å². The van der Waals surface area contributed by atoms with Crippen molar-refractivity contribution in [2.45, 2.75) is 19.3 Å². The van der Waals surface area contributed by atoms with Gasteiger partial charge in [0, 0.05) is 38.2 Å². The third kappa shape index (κ3) is 5.14. The van der Waals surface area contributed by atoms with Crippen LogP contribution in [-0.4, -0.2) is 47.4 Å². The normalized spacial score (nSPS) is 15.5. The summed E-state index contributed by atoms with van der Waals surface area (Å²) in [6.45, 7) is 1.88. The zero-order valence-corrected chi connectivity index (χ0v) is 9.52. The number of hydrogen-bond acceptors (Lipinski definition) is 3. The molecule has 1 aliphatic heterocycles. The summed E-state index contributed by atoms with van der Waals surface area (Å²) in [7, 11) is 0. The van der Waals surface area contributed by atoms with E-state index in [1.807, 2.05) is 0 Å². The van der Waals surface area contributed by atoms with E-state index in [1.54, 1.807) is 4.90 Å². The second kappa shape index (κ2) is 6.67. The van der Waals surface area contributed by atoms with Crippen LogP contribution in [0.4, 0.5) is 0 Å². The van der Waals surface area contributed by atoms with Crippen molar-refractivity contribution in [2.75, 3.05) is 19.6 Å². The summed E-state index contributed by atoms with van der Waals surface area (Å²) < 4.78 is 0. The fourth-order valence-electron chi connectivity index (χ4n) is 1.63. The van der Waals surface area contributed by atoms with E-state index in [9.17, 15) is 14.4 Å². The highest BCUT2D eigenvalue weighted by Crippen LogP contribution is 2.09. The average Bonchev–Trinajstić information content (AvgIpc) is 2.68. The van der Waals surface area contributed by atoms with Gasteiger partial charge in [0.25, 0.3) is 0 Å². The minimum absolute atomic E-state index is 0.169. The molecule has 6 heteroatoms. The lowest BCUT2D eigenvalue weighted by molar-refractivity contribution is -0.132. The predicted molar refractivity (Wildman–Crippen MR) is 60.2 cm³/mol. The summed E-state index contributed by atoms with van der Waals surface area (Å²) in [5, 5.41) is 10.8. The SMILES string of the molecule is O=C(O)/C=C/C(=O)NCCCN1CCCC1=O. The third-order valence-corrected chi connectivity index (χ3v) is 2.45. The molecule has 2 amide bonds. The molecule has 94 valence electrons. The maximum atomic E-state index is 11.2. The van der Waals surface area contributed by atoms with Gasteiger partial charge in [0.1, 0.15) is 0 Å². The number of carbonyl (C=O) groups is 3. The van der Waals surface area contributed by atoms with Crippen LogP contribution < -0.4 is 5.32 Å². The van der Waals surface area contributed by atoms with Crippen molar-refractivity contribution < 1.29 is 19.5 Å². The molecule has 6 nitrogen and oxygen atoms in total. The molecule has 0 aromatic heterocycles. The fourth-order valence-corrected chi connectivity index (χ4v) is 1.63. The van der Waals surface area contributed by atoms with Crippen LogP contribution in [0.25, 0.3) is 0 Å². The molecule has 0 aromatic carbocycles. The van der Waals surface area contributed by atoms with Gasteiger partial charge in [0.2, 0.25) is 11.8 Å². The van der Waals surface area contributed by atoms with Gasteiger partial charge < -0.3 is 15.3 Å². The lowest BCUT2D eigenvalue weighted by atomic mass is 10.3. The summed E-state index contributed by atoms with van der Waals surface area (Å²) in [6.07, 6.45) is 3.97. The summed E-state index contributed by atoms with van der Waals surface area (Å²) in [4.78, 5) is 34.2. The zero-order chi connectivity index (χ0) is 12.7. The molecular weight excluding hydrogens is 224 g/mol. The van der Waals surface area contributed by atoms with Crippen molar-refractivity contribution in [1.82, 2.24) is 10.2 Å². The van der Waals surface area contributed by atoms with Crippen LogP contribution in [0, 0.1) is 0 Å². The molecule has 0 aliphatic carbocycles. The van der Waals surface area contributed by atoms with Gasteiger partial charge in [-0.2, -0.15) is 0 Å². The molecule has 17 heavy (non-hydrogen) atoms. The molecule has 2 N–H and O–H groups in total. The second-order valence-electron chi connectivity index (χ2n) is 3.80. The quantitative estimate of drug-likeness (QED) is 0.495. The minimum atomic E-state index is -1.15. The van der Waals surface area contributed by atoms with E-state index in [1.165, 1.54) is 0 Å². The van der Waals surface area contributed by atoms with Crippen LogP contribution in [-0.2, 0) is 14.4 Å². The number of carboxylic acid groups (broad SMARTS) is 1. The molecule has 0 bridgehead atoms. The highest BCUT2D eigenvalue weighted by molar-refractivity contribution is 5.93. The van der Waals surface area contributed by atoms with E-state index < -0.39 is 11.9 Å². The molecular formula is C11H16N2O4. The number of nitrogens with zero attached hydrogens (tertiary/aromatic N) is 1. The average molecular weight is 240 g/mol. The first-order valence-electron chi connectivity index (χ1n) is 5.56. The number of likely N-dealkylation sites (tertiary alicyclic amines) is 1. The molecule has 0 atom stereocenters. The van der Waals surface area contributed by atoms with Crippen molar-refractivity contribution in [2.24, 2.45) is 0 Å². The molecule has 0 spiro atoms. The first-order chi connectivity index (χ1) is 8.09. The van der Waals surface area contributed by atoms with Crippen molar-refractivity contribution in [3.05, 3.63) is 12.2 Å². The van der Waals surface area contributed by atoms with Gasteiger partial charge in [-0.3, -0.25) is 9.59 Å². The van der Waals surface area contributed by atoms with E-state index in [0.717, 1.165) is 25.1 Å². The Hall–Kier alpha value is -1.85. The van der Waals surface area contributed by atoms with Crippen LogP contribution in [0.3, 0.4) is 0 Å². The highest BCUT2D eigenvalue weighted by Gasteiger charge is 2.18. The smallest absolute Gasteiger partial charge is 0.328 e. The number of carbonyl (C=O) groups excluding carboxylic acids is 2.